The van der Waals surface area contributed by atoms with E-state index < -0.39 is 0 Å². The van der Waals surface area contributed by atoms with Gasteiger partial charge in [-0.15, -0.1) is 0 Å². The number of carbonyl (C=O) groups is 2. The molecule has 0 spiro atoms. The monoisotopic (exact) mass is 373 g/mol. The molecule has 0 heterocycles. The second kappa shape index (κ2) is 8.23. The lowest BCUT2D eigenvalue weighted by molar-refractivity contribution is -0.138. The van der Waals surface area contributed by atoms with Gasteiger partial charge in [0.25, 0.3) is 5.91 Å². The second-order valence-corrected chi connectivity index (χ2v) is 6.61. The molecule has 0 aliphatic heterocycles. The Morgan fingerprint density at radius 2 is 1.81 bits per heavy atom. The number of amides is 1. The summed E-state index contributed by atoms with van der Waals surface area (Å²) in [6.07, 6.45) is 3.76. The smallest absolute Gasteiger partial charge is 0.314 e. The van der Waals surface area contributed by atoms with Gasteiger partial charge in [0.05, 0.1) is 23.7 Å². The van der Waals surface area contributed by atoms with Gasteiger partial charge in [-0.05, 0) is 43.2 Å². The molecule has 1 amide bonds. The van der Waals surface area contributed by atoms with Crippen molar-refractivity contribution in [1.82, 2.24) is 0 Å². The Balaban J connectivity index is 1.78. The highest BCUT2D eigenvalue weighted by Gasteiger charge is 2.25. The SMILES string of the molecule is COc1ccc(C(=O)Nc2ccccc2Cl)cc1OC(=O)C1CCCC1. The van der Waals surface area contributed by atoms with Crippen LogP contribution in [0.1, 0.15) is 36.0 Å². The van der Waals surface area contributed by atoms with Crippen LogP contribution in [0.5, 0.6) is 11.5 Å². The average molecular weight is 374 g/mol. The highest BCUT2D eigenvalue weighted by atomic mass is 35.5. The van der Waals surface area contributed by atoms with Crippen LogP contribution >= 0.6 is 11.6 Å². The Kier molecular flexibility index (Phi) is 5.78. The van der Waals surface area contributed by atoms with E-state index in [0.717, 1.165) is 25.7 Å². The molecular weight excluding hydrogens is 354 g/mol. The fourth-order valence-electron chi connectivity index (χ4n) is 3.01. The molecule has 136 valence electrons. The first-order valence-corrected chi connectivity index (χ1v) is 8.92. The van der Waals surface area contributed by atoms with Crippen LogP contribution in [-0.2, 0) is 4.79 Å². The van der Waals surface area contributed by atoms with Gasteiger partial charge < -0.3 is 14.8 Å². The predicted molar refractivity (Wildman–Crippen MR) is 100.0 cm³/mol. The van der Waals surface area contributed by atoms with Crippen LogP contribution in [0.2, 0.25) is 5.02 Å². The van der Waals surface area contributed by atoms with Gasteiger partial charge in [-0.1, -0.05) is 36.6 Å². The molecule has 1 saturated carbocycles. The molecule has 0 saturated heterocycles. The minimum absolute atomic E-state index is 0.0830. The summed E-state index contributed by atoms with van der Waals surface area (Å²) in [5.41, 5.74) is 0.861. The number of para-hydroxylation sites is 1. The first-order chi connectivity index (χ1) is 12.6. The van der Waals surface area contributed by atoms with E-state index in [1.165, 1.54) is 13.2 Å². The summed E-state index contributed by atoms with van der Waals surface area (Å²) in [5, 5.41) is 3.19. The van der Waals surface area contributed by atoms with E-state index in [1.54, 1.807) is 36.4 Å². The van der Waals surface area contributed by atoms with Crippen LogP contribution in [0.3, 0.4) is 0 Å². The number of rotatable bonds is 5. The van der Waals surface area contributed by atoms with Crippen LogP contribution in [0, 0.1) is 5.92 Å². The molecule has 1 aliphatic rings. The van der Waals surface area contributed by atoms with E-state index in [1.807, 2.05) is 0 Å². The van der Waals surface area contributed by atoms with Crippen molar-refractivity contribution in [3.05, 3.63) is 53.1 Å². The van der Waals surface area contributed by atoms with Crippen molar-refractivity contribution in [3.8, 4) is 11.5 Å². The van der Waals surface area contributed by atoms with Crippen molar-refractivity contribution in [1.29, 1.82) is 0 Å². The third-order valence-electron chi connectivity index (χ3n) is 4.45. The number of methoxy groups -OCH3 is 1. The minimum Gasteiger partial charge on any atom is -0.493 e. The molecule has 3 rings (SSSR count). The van der Waals surface area contributed by atoms with Crippen LogP contribution < -0.4 is 14.8 Å². The summed E-state index contributed by atoms with van der Waals surface area (Å²) >= 11 is 6.07. The summed E-state index contributed by atoms with van der Waals surface area (Å²) in [4.78, 5) is 24.8. The predicted octanol–water partition coefficient (Wildman–Crippen LogP) is 4.70. The Bertz CT molecular complexity index is 815. The van der Waals surface area contributed by atoms with Crippen molar-refractivity contribution in [2.75, 3.05) is 12.4 Å². The summed E-state index contributed by atoms with van der Waals surface area (Å²) < 4.78 is 10.8. The molecule has 0 radical (unpaired) electrons. The fraction of sp³-hybridized carbons (Fsp3) is 0.300. The van der Waals surface area contributed by atoms with E-state index in [9.17, 15) is 9.59 Å². The van der Waals surface area contributed by atoms with Crippen LogP contribution in [0.15, 0.2) is 42.5 Å². The topological polar surface area (TPSA) is 64.6 Å². The third kappa shape index (κ3) is 4.17. The zero-order valence-electron chi connectivity index (χ0n) is 14.5. The molecule has 0 bridgehead atoms. The van der Waals surface area contributed by atoms with Gasteiger partial charge in [0.1, 0.15) is 0 Å². The zero-order valence-corrected chi connectivity index (χ0v) is 15.2. The Hall–Kier alpha value is -2.53. The minimum atomic E-state index is -0.348. The Morgan fingerprint density at radius 3 is 2.50 bits per heavy atom. The van der Waals surface area contributed by atoms with E-state index in [-0.39, 0.29) is 23.5 Å². The molecule has 1 aliphatic carbocycles. The van der Waals surface area contributed by atoms with Gasteiger partial charge in [0.15, 0.2) is 11.5 Å². The molecule has 0 unspecified atom stereocenters. The number of hydrogen-bond acceptors (Lipinski definition) is 4. The quantitative estimate of drug-likeness (QED) is 0.609. The summed E-state index contributed by atoms with van der Waals surface area (Å²) in [5.74, 6) is -0.0504. The normalized spacial score (nSPS) is 14.1. The van der Waals surface area contributed by atoms with Crippen molar-refractivity contribution in [2.24, 2.45) is 5.92 Å². The number of ether oxygens (including phenoxy) is 2. The number of esters is 1. The third-order valence-corrected chi connectivity index (χ3v) is 4.78. The molecule has 1 fully saturated rings. The maximum atomic E-state index is 12.5. The van der Waals surface area contributed by atoms with E-state index in [2.05, 4.69) is 5.32 Å². The number of nitrogens with one attached hydrogen (secondary N) is 1. The maximum absolute atomic E-state index is 12.5. The van der Waals surface area contributed by atoms with Crippen molar-refractivity contribution in [2.45, 2.75) is 25.7 Å². The summed E-state index contributed by atoms with van der Waals surface area (Å²) in [7, 11) is 1.49. The standard InChI is InChI=1S/C20H20ClNO4/c1-25-17-11-10-14(19(23)22-16-9-5-4-8-15(16)21)12-18(17)26-20(24)13-6-2-3-7-13/h4-5,8-13H,2-3,6-7H2,1H3,(H,22,23). The van der Waals surface area contributed by atoms with Crippen LogP contribution in [0.25, 0.3) is 0 Å². The maximum Gasteiger partial charge on any atom is 0.314 e. The zero-order chi connectivity index (χ0) is 18.5. The van der Waals surface area contributed by atoms with Crippen LogP contribution in [0.4, 0.5) is 5.69 Å². The number of anilines is 1. The van der Waals surface area contributed by atoms with E-state index >= 15 is 0 Å². The Labute approximate surface area is 157 Å². The molecule has 6 heteroatoms. The van der Waals surface area contributed by atoms with E-state index in [4.69, 9.17) is 21.1 Å². The molecule has 2 aromatic rings. The lowest BCUT2D eigenvalue weighted by atomic mass is 10.1. The average Bonchev–Trinajstić information content (AvgIpc) is 3.18. The second-order valence-electron chi connectivity index (χ2n) is 6.20. The number of halogens is 1. The number of benzene rings is 2. The molecule has 1 N–H and O–H groups in total. The fourth-order valence-corrected chi connectivity index (χ4v) is 3.19. The van der Waals surface area contributed by atoms with Crippen molar-refractivity contribution < 1.29 is 19.1 Å². The van der Waals surface area contributed by atoms with Gasteiger partial charge in [-0.2, -0.15) is 0 Å². The molecular formula is C20H20ClNO4. The molecule has 2 aromatic carbocycles. The lowest BCUT2D eigenvalue weighted by Gasteiger charge is -2.14. The lowest BCUT2D eigenvalue weighted by Crippen LogP contribution is -2.18. The highest BCUT2D eigenvalue weighted by Crippen LogP contribution is 2.32. The van der Waals surface area contributed by atoms with Crippen molar-refractivity contribution in [3.63, 3.8) is 0 Å². The largest absolute Gasteiger partial charge is 0.493 e. The Morgan fingerprint density at radius 1 is 1.08 bits per heavy atom. The number of carbonyl (C=O) groups excluding carboxylic acids is 2. The van der Waals surface area contributed by atoms with Gasteiger partial charge in [-0.3, -0.25) is 9.59 Å². The van der Waals surface area contributed by atoms with E-state index in [0.29, 0.717) is 22.0 Å². The molecule has 5 nitrogen and oxygen atoms in total. The van der Waals surface area contributed by atoms with Gasteiger partial charge >= 0.3 is 5.97 Å². The van der Waals surface area contributed by atoms with Crippen molar-refractivity contribution >= 4 is 29.2 Å². The molecule has 0 aromatic heterocycles. The molecule has 26 heavy (non-hydrogen) atoms. The van der Waals surface area contributed by atoms with Gasteiger partial charge in [0, 0.05) is 5.56 Å². The van der Waals surface area contributed by atoms with Gasteiger partial charge in [-0.25, -0.2) is 0 Å². The number of hydrogen-bond donors (Lipinski definition) is 1. The first-order valence-electron chi connectivity index (χ1n) is 8.54. The summed E-state index contributed by atoms with van der Waals surface area (Å²) in [6.45, 7) is 0. The highest BCUT2D eigenvalue weighted by molar-refractivity contribution is 6.33. The first kappa shape index (κ1) is 18.3. The van der Waals surface area contributed by atoms with Crippen LogP contribution in [-0.4, -0.2) is 19.0 Å². The summed E-state index contributed by atoms with van der Waals surface area (Å²) in [6, 6.07) is 11.7. The molecule has 0 atom stereocenters. The van der Waals surface area contributed by atoms with Gasteiger partial charge in [0.2, 0.25) is 0 Å².